The first-order valence-corrected chi connectivity index (χ1v) is 11.0. The van der Waals surface area contributed by atoms with Crippen molar-refractivity contribution in [2.75, 3.05) is 0 Å². The topological polar surface area (TPSA) is 3.88 Å². The van der Waals surface area contributed by atoms with E-state index in [2.05, 4.69) is 103 Å². The molecule has 0 unspecified atom stereocenters. The van der Waals surface area contributed by atoms with Gasteiger partial charge in [-0.15, -0.1) is 0 Å². The molecule has 1 nitrogen and oxygen atoms in total. The van der Waals surface area contributed by atoms with E-state index in [1.165, 1.54) is 50.3 Å². The zero-order valence-electron chi connectivity index (χ0n) is 17.9. The van der Waals surface area contributed by atoms with Crippen molar-refractivity contribution in [2.24, 2.45) is 0 Å². The highest BCUT2D eigenvalue weighted by Gasteiger charge is 2.33. The Bertz CT molecular complexity index is 1190. The lowest BCUT2D eigenvalue weighted by Gasteiger charge is -2.24. The summed E-state index contributed by atoms with van der Waals surface area (Å²) in [5.74, 6) is 0. The Hall–Kier alpha value is -3.19. The predicted octanol–water partition coefficient (Wildman–Crippen LogP) is 6.33. The SMILES string of the molecule is CCc1c(C)c(-c2ccccc2)c2c([n+]1Cc1ccccc1)-c1ccccc1CC2. The third kappa shape index (κ3) is 3.15. The van der Waals surface area contributed by atoms with Gasteiger partial charge in [-0.1, -0.05) is 85.8 Å². The second-order valence-corrected chi connectivity index (χ2v) is 8.22. The lowest BCUT2D eigenvalue weighted by molar-refractivity contribution is -0.685. The number of hydrogen-bond donors (Lipinski definition) is 0. The summed E-state index contributed by atoms with van der Waals surface area (Å²) in [6.45, 7) is 5.53. The van der Waals surface area contributed by atoms with Gasteiger partial charge in [0.05, 0.1) is 0 Å². The number of fused-ring (bicyclic) bond motifs is 3. The summed E-state index contributed by atoms with van der Waals surface area (Å²) in [6.07, 6.45) is 3.23. The summed E-state index contributed by atoms with van der Waals surface area (Å²) in [5.41, 5.74) is 12.8. The largest absolute Gasteiger partial charge is 0.217 e. The van der Waals surface area contributed by atoms with Crippen molar-refractivity contribution in [1.82, 2.24) is 0 Å². The van der Waals surface area contributed by atoms with Crippen molar-refractivity contribution in [1.29, 1.82) is 0 Å². The first-order valence-electron chi connectivity index (χ1n) is 11.0. The molecule has 0 saturated heterocycles. The van der Waals surface area contributed by atoms with E-state index in [1.54, 1.807) is 0 Å². The summed E-state index contributed by atoms with van der Waals surface area (Å²) in [5, 5.41) is 0. The number of nitrogens with zero attached hydrogens (tertiary/aromatic N) is 1. The maximum Gasteiger partial charge on any atom is 0.217 e. The molecule has 5 rings (SSSR count). The number of benzene rings is 3. The Morgan fingerprint density at radius 1 is 0.767 bits per heavy atom. The molecule has 1 heteroatoms. The average molecular weight is 391 g/mol. The fourth-order valence-corrected chi connectivity index (χ4v) is 5.16. The van der Waals surface area contributed by atoms with Crippen LogP contribution in [0.4, 0.5) is 0 Å². The van der Waals surface area contributed by atoms with E-state index in [0.717, 1.165) is 25.8 Å². The van der Waals surface area contributed by atoms with Gasteiger partial charge in [0.1, 0.15) is 0 Å². The van der Waals surface area contributed by atoms with Crippen molar-refractivity contribution in [2.45, 2.75) is 39.7 Å². The minimum atomic E-state index is 0.913. The maximum atomic E-state index is 2.60. The fourth-order valence-electron chi connectivity index (χ4n) is 5.16. The van der Waals surface area contributed by atoms with Gasteiger partial charge in [0.2, 0.25) is 5.69 Å². The van der Waals surface area contributed by atoms with Gasteiger partial charge in [0.15, 0.2) is 12.2 Å². The van der Waals surface area contributed by atoms with Crippen LogP contribution in [0.3, 0.4) is 0 Å². The van der Waals surface area contributed by atoms with E-state index in [1.807, 2.05) is 0 Å². The van der Waals surface area contributed by atoms with E-state index in [-0.39, 0.29) is 0 Å². The van der Waals surface area contributed by atoms with Gasteiger partial charge >= 0.3 is 0 Å². The summed E-state index contributed by atoms with van der Waals surface area (Å²) in [4.78, 5) is 0. The van der Waals surface area contributed by atoms with Crippen LogP contribution in [0.25, 0.3) is 22.4 Å². The van der Waals surface area contributed by atoms with Crippen molar-refractivity contribution >= 4 is 0 Å². The van der Waals surface area contributed by atoms with Crippen LogP contribution in [0.1, 0.15) is 34.9 Å². The Morgan fingerprint density at radius 2 is 1.43 bits per heavy atom. The van der Waals surface area contributed by atoms with Crippen molar-refractivity contribution in [3.05, 3.63) is 113 Å². The molecular weight excluding hydrogens is 362 g/mol. The molecule has 0 bridgehead atoms. The quantitative estimate of drug-likeness (QED) is 0.359. The summed E-state index contributed by atoms with van der Waals surface area (Å²) in [7, 11) is 0. The molecule has 0 saturated carbocycles. The first-order chi connectivity index (χ1) is 14.8. The highest BCUT2D eigenvalue weighted by molar-refractivity contribution is 5.80. The van der Waals surface area contributed by atoms with Crippen molar-refractivity contribution in [3.8, 4) is 22.4 Å². The van der Waals surface area contributed by atoms with E-state index < -0.39 is 0 Å². The molecule has 1 aliphatic carbocycles. The van der Waals surface area contributed by atoms with E-state index in [0.29, 0.717) is 0 Å². The molecular formula is C29H28N+. The first kappa shape index (κ1) is 18.8. The highest BCUT2D eigenvalue weighted by atomic mass is 15.0. The summed E-state index contributed by atoms with van der Waals surface area (Å²) >= 11 is 0. The van der Waals surface area contributed by atoms with Crippen molar-refractivity contribution in [3.63, 3.8) is 0 Å². The number of pyridine rings is 1. The van der Waals surface area contributed by atoms with Crippen molar-refractivity contribution < 1.29 is 4.57 Å². The Balaban J connectivity index is 1.85. The molecule has 0 N–H and O–H groups in total. The molecule has 3 aromatic carbocycles. The van der Waals surface area contributed by atoms with Gasteiger partial charge in [-0.2, -0.15) is 4.57 Å². The maximum absolute atomic E-state index is 2.60. The van der Waals surface area contributed by atoms with Gasteiger partial charge in [-0.3, -0.25) is 0 Å². The molecule has 0 radical (unpaired) electrons. The monoisotopic (exact) mass is 390 g/mol. The van der Waals surface area contributed by atoms with Crippen LogP contribution in [0, 0.1) is 6.92 Å². The molecule has 0 amide bonds. The molecule has 4 aromatic rings. The van der Waals surface area contributed by atoms with Crippen LogP contribution in [-0.2, 0) is 25.8 Å². The standard InChI is InChI=1S/C29H28N/c1-3-27-21(2)28(24-15-8-5-9-16-24)26-19-18-23-14-10-11-17-25(23)29(26)30(27)20-22-12-6-4-7-13-22/h4-17H,3,18-20H2,1-2H3/q+1. The van der Waals surface area contributed by atoms with Crippen LogP contribution < -0.4 is 4.57 Å². The van der Waals surface area contributed by atoms with Gasteiger partial charge in [0.25, 0.3) is 0 Å². The van der Waals surface area contributed by atoms with Crippen LogP contribution >= 0.6 is 0 Å². The lowest BCUT2D eigenvalue weighted by atomic mass is 9.82. The van der Waals surface area contributed by atoms with Crippen LogP contribution in [-0.4, -0.2) is 0 Å². The number of rotatable bonds is 4. The van der Waals surface area contributed by atoms with Gasteiger partial charge in [-0.05, 0) is 37.0 Å². The van der Waals surface area contributed by atoms with Gasteiger partial charge in [-0.25, -0.2) is 0 Å². The highest BCUT2D eigenvalue weighted by Crippen LogP contribution is 2.39. The number of aromatic nitrogens is 1. The zero-order chi connectivity index (χ0) is 20.5. The molecule has 1 heterocycles. The number of aryl methyl sites for hydroxylation is 1. The normalized spacial score (nSPS) is 12.3. The van der Waals surface area contributed by atoms with E-state index in [4.69, 9.17) is 0 Å². The third-order valence-electron chi connectivity index (χ3n) is 6.49. The second-order valence-electron chi connectivity index (χ2n) is 8.22. The molecule has 0 spiro atoms. The minimum absolute atomic E-state index is 0.913. The Labute approximate surface area is 179 Å². The Kier molecular flexibility index (Phi) is 4.96. The average Bonchev–Trinajstić information content (AvgIpc) is 2.80. The van der Waals surface area contributed by atoms with E-state index in [9.17, 15) is 0 Å². The Morgan fingerprint density at radius 3 is 2.17 bits per heavy atom. The van der Waals surface area contributed by atoms with Gasteiger partial charge < -0.3 is 0 Å². The molecule has 0 fully saturated rings. The van der Waals surface area contributed by atoms with Crippen LogP contribution in [0.15, 0.2) is 84.9 Å². The summed E-state index contributed by atoms with van der Waals surface area (Å²) in [6, 6.07) is 30.8. The number of hydrogen-bond acceptors (Lipinski definition) is 0. The predicted molar refractivity (Wildman–Crippen MR) is 125 cm³/mol. The molecule has 1 aromatic heterocycles. The molecule has 148 valence electrons. The van der Waals surface area contributed by atoms with E-state index >= 15 is 0 Å². The fraction of sp³-hybridized carbons (Fsp3) is 0.207. The molecule has 0 aliphatic heterocycles. The van der Waals surface area contributed by atoms with Crippen LogP contribution in [0.5, 0.6) is 0 Å². The summed E-state index contributed by atoms with van der Waals surface area (Å²) < 4.78 is 2.60. The van der Waals surface area contributed by atoms with Crippen LogP contribution in [0.2, 0.25) is 0 Å². The minimum Gasteiger partial charge on any atom is -0.191 e. The molecule has 0 atom stereocenters. The zero-order valence-corrected chi connectivity index (χ0v) is 17.9. The van der Waals surface area contributed by atoms with Gasteiger partial charge in [0, 0.05) is 34.2 Å². The second kappa shape index (κ2) is 7.91. The smallest absolute Gasteiger partial charge is 0.191 e. The molecule has 30 heavy (non-hydrogen) atoms. The third-order valence-corrected chi connectivity index (χ3v) is 6.49. The molecule has 1 aliphatic rings. The lowest BCUT2D eigenvalue weighted by Crippen LogP contribution is -2.44.